The highest BCUT2D eigenvalue weighted by Crippen LogP contribution is 2.37. The Labute approximate surface area is 234 Å². The summed E-state index contributed by atoms with van der Waals surface area (Å²) in [6.07, 6.45) is 2.66. The van der Waals surface area contributed by atoms with E-state index in [9.17, 15) is 22.8 Å². The Morgan fingerprint density at radius 1 is 1.05 bits per heavy atom. The zero-order valence-electron chi connectivity index (χ0n) is 22.1. The number of fused-ring (bicyclic) bond motifs is 2. The molecule has 12 heteroatoms. The van der Waals surface area contributed by atoms with Crippen molar-refractivity contribution >= 4 is 62.2 Å². The maximum absolute atomic E-state index is 14.2. The Kier molecular flexibility index (Phi) is 9.31. The smallest absolute Gasteiger partial charge is 0.252 e. The summed E-state index contributed by atoms with van der Waals surface area (Å²) < 4.78 is 24.1. The SMILES string of the molecule is CN[C@@H](C)C(=O)N[C@@H]1C(=O)N(Cc2ccnc3ccccc23)c2ccccc2N(C(=O)CS(C)(=O)=O)[C@H]1C.Cl. The van der Waals surface area contributed by atoms with Crippen molar-refractivity contribution in [2.75, 3.05) is 28.9 Å². The Morgan fingerprint density at radius 2 is 1.69 bits per heavy atom. The van der Waals surface area contributed by atoms with Crippen molar-refractivity contribution in [1.29, 1.82) is 0 Å². The first-order valence-corrected chi connectivity index (χ1v) is 14.3. The van der Waals surface area contributed by atoms with E-state index in [1.54, 1.807) is 51.4 Å². The van der Waals surface area contributed by atoms with Gasteiger partial charge in [-0.15, -0.1) is 12.4 Å². The van der Waals surface area contributed by atoms with Crippen molar-refractivity contribution in [3.8, 4) is 0 Å². The lowest BCUT2D eigenvalue weighted by atomic mass is 10.1. The first kappa shape index (κ1) is 30.0. The average Bonchev–Trinajstić information content (AvgIpc) is 2.96. The fourth-order valence-corrected chi connectivity index (χ4v) is 5.22. The van der Waals surface area contributed by atoms with Crippen LogP contribution in [0, 0.1) is 0 Å². The lowest BCUT2D eigenvalue weighted by molar-refractivity contribution is -0.129. The number of carbonyl (C=O) groups excluding carboxylic acids is 3. The second kappa shape index (κ2) is 12.1. The maximum atomic E-state index is 14.2. The van der Waals surface area contributed by atoms with Gasteiger partial charge < -0.3 is 20.4 Å². The quantitative estimate of drug-likeness (QED) is 0.443. The summed E-state index contributed by atoms with van der Waals surface area (Å²) in [6.45, 7) is 3.44. The van der Waals surface area contributed by atoms with Crippen molar-refractivity contribution in [1.82, 2.24) is 15.6 Å². The summed E-state index contributed by atoms with van der Waals surface area (Å²) in [4.78, 5) is 47.7. The van der Waals surface area contributed by atoms with Gasteiger partial charge in [0.2, 0.25) is 11.8 Å². The van der Waals surface area contributed by atoms with E-state index in [1.165, 1.54) is 9.80 Å². The summed E-state index contributed by atoms with van der Waals surface area (Å²) in [5.41, 5.74) is 2.42. The second-order valence-electron chi connectivity index (χ2n) is 9.47. The van der Waals surface area contributed by atoms with Gasteiger partial charge in [0, 0.05) is 17.8 Å². The highest BCUT2D eigenvalue weighted by Gasteiger charge is 2.42. The number of aromatic nitrogens is 1. The number of para-hydroxylation sites is 3. The number of nitrogens with one attached hydrogen (secondary N) is 2. The number of amides is 3. The van der Waals surface area contributed by atoms with Crippen LogP contribution in [-0.4, -0.2) is 68.3 Å². The molecule has 0 bridgehead atoms. The molecular weight excluding hydrogens is 542 g/mol. The number of pyridine rings is 1. The molecule has 0 radical (unpaired) electrons. The molecule has 208 valence electrons. The first-order valence-electron chi connectivity index (χ1n) is 12.2. The number of nitrogens with zero attached hydrogens (tertiary/aromatic N) is 3. The molecule has 0 saturated heterocycles. The van der Waals surface area contributed by atoms with Crippen LogP contribution in [0.3, 0.4) is 0 Å². The van der Waals surface area contributed by atoms with E-state index in [4.69, 9.17) is 0 Å². The van der Waals surface area contributed by atoms with Gasteiger partial charge in [-0.05, 0) is 50.7 Å². The largest absolute Gasteiger partial charge is 0.341 e. The number of likely N-dealkylation sites (N-methyl/N-ethyl adjacent to an activating group) is 1. The van der Waals surface area contributed by atoms with Crippen LogP contribution in [0.5, 0.6) is 0 Å². The van der Waals surface area contributed by atoms with Gasteiger partial charge in [0.1, 0.15) is 11.8 Å². The van der Waals surface area contributed by atoms with Crippen molar-refractivity contribution in [2.45, 2.75) is 38.5 Å². The molecule has 39 heavy (non-hydrogen) atoms. The van der Waals surface area contributed by atoms with Gasteiger partial charge in [-0.2, -0.15) is 0 Å². The molecule has 0 saturated carbocycles. The minimum absolute atomic E-state index is 0. The summed E-state index contributed by atoms with van der Waals surface area (Å²) >= 11 is 0. The fourth-order valence-electron chi connectivity index (χ4n) is 4.63. The van der Waals surface area contributed by atoms with Crippen LogP contribution in [0.4, 0.5) is 11.4 Å². The predicted molar refractivity (Wildman–Crippen MR) is 154 cm³/mol. The molecule has 0 aliphatic carbocycles. The van der Waals surface area contributed by atoms with Crippen molar-refractivity contribution in [3.05, 3.63) is 66.4 Å². The molecule has 3 amide bonds. The summed E-state index contributed by atoms with van der Waals surface area (Å²) in [6, 6.07) is 13.7. The van der Waals surface area contributed by atoms with E-state index in [2.05, 4.69) is 15.6 Å². The van der Waals surface area contributed by atoms with Crippen LogP contribution < -0.4 is 20.4 Å². The zero-order chi connectivity index (χ0) is 27.6. The number of benzene rings is 2. The standard InChI is InChI=1S/C27H31N5O5S.ClH/c1-17(28-3)26(34)30-25-18(2)32(24(33)16-38(4,36)37)23-12-8-7-11-22(23)31(27(25)35)15-19-13-14-29-21-10-6-5-9-20(19)21;/h5-14,17-18,25,28H,15-16H2,1-4H3,(H,30,34);1H/t17-,18-,25-;/m0./s1. The number of hydrogen-bond acceptors (Lipinski definition) is 7. The minimum Gasteiger partial charge on any atom is -0.341 e. The average molecular weight is 574 g/mol. The molecule has 1 aliphatic heterocycles. The highest BCUT2D eigenvalue weighted by atomic mass is 35.5. The molecule has 0 unspecified atom stereocenters. The van der Waals surface area contributed by atoms with Crippen molar-refractivity contribution < 1.29 is 22.8 Å². The van der Waals surface area contributed by atoms with E-state index in [0.29, 0.717) is 11.4 Å². The van der Waals surface area contributed by atoms with Crippen LogP contribution in [-0.2, 0) is 30.8 Å². The molecule has 2 heterocycles. The van der Waals surface area contributed by atoms with Crippen LogP contribution in [0.15, 0.2) is 60.8 Å². The van der Waals surface area contributed by atoms with E-state index < -0.39 is 51.4 Å². The number of carbonyl (C=O) groups is 3. The van der Waals surface area contributed by atoms with Gasteiger partial charge in [-0.1, -0.05) is 30.3 Å². The van der Waals surface area contributed by atoms with E-state index in [1.807, 2.05) is 30.3 Å². The van der Waals surface area contributed by atoms with Gasteiger partial charge >= 0.3 is 0 Å². The van der Waals surface area contributed by atoms with Gasteiger partial charge in [0.25, 0.3) is 5.91 Å². The Hall–Kier alpha value is -3.54. The third-order valence-corrected chi connectivity index (χ3v) is 7.47. The van der Waals surface area contributed by atoms with Crippen molar-refractivity contribution in [2.24, 2.45) is 0 Å². The molecule has 0 spiro atoms. The molecular formula is C27H32ClN5O5S. The van der Waals surface area contributed by atoms with Gasteiger partial charge in [0.15, 0.2) is 9.84 Å². The molecule has 1 aromatic heterocycles. The van der Waals surface area contributed by atoms with E-state index in [0.717, 1.165) is 22.7 Å². The molecule has 4 rings (SSSR count). The fraction of sp³-hybridized carbons (Fsp3) is 0.333. The third kappa shape index (κ3) is 6.38. The minimum atomic E-state index is -3.66. The molecule has 10 nitrogen and oxygen atoms in total. The van der Waals surface area contributed by atoms with E-state index in [-0.39, 0.29) is 19.0 Å². The Bertz CT molecular complexity index is 1490. The Balaban J connectivity index is 0.00000420. The third-order valence-electron chi connectivity index (χ3n) is 6.70. The number of halogens is 1. The summed E-state index contributed by atoms with van der Waals surface area (Å²) in [5, 5.41) is 6.51. The first-order chi connectivity index (χ1) is 18.0. The zero-order valence-corrected chi connectivity index (χ0v) is 23.8. The van der Waals surface area contributed by atoms with Gasteiger partial charge in [-0.25, -0.2) is 8.42 Å². The Morgan fingerprint density at radius 3 is 2.36 bits per heavy atom. The lowest BCUT2D eigenvalue weighted by Gasteiger charge is -2.32. The maximum Gasteiger partial charge on any atom is 0.252 e. The number of anilines is 2. The van der Waals surface area contributed by atoms with Crippen molar-refractivity contribution in [3.63, 3.8) is 0 Å². The normalized spacial score (nSPS) is 18.1. The van der Waals surface area contributed by atoms with Crippen LogP contribution in [0.1, 0.15) is 19.4 Å². The molecule has 2 N–H and O–H groups in total. The molecule has 3 aromatic rings. The van der Waals surface area contributed by atoms with E-state index >= 15 is 0 Å². The summed E-state index contributed by atoms with van der Waals surface area (Å²) in [5.74, 6) is -2.26. The van der Waals surface area contributed by atoms with Crippen LogP contribution in [0.2, 0.25) is 0 Å². The monoisotopic (exact) mass is 573 g/mol. The van der Waals surface area contributed by atoms with Gasteiger partial charge in [-0.3, -0.25) is 19.4 Å². The molecule has 3 atom stereocenters. The van der Waals surface area contributed by atoms with Crippen LogP contribution in [0.25, 0.3) is 10.9 Å². The molecule has 1 aliphatic rings. The number of sulfone groups is 1. The number of rotatable bonds is 7. The van der Waals surface area contributed by atoms with Crippen LogP contribution >= 0.6 is 12.4 Å². The topological polar surface area (TPSA) is 129 Å². The lowest BCUT2D eigenvalue weighted by Crippen LogP contribution is -2.60. The summed E-state index contributed by atoms with van der Waals surface area (Å²) in [7, 11) is -2.04. The van der Waals surface area contributed by atoms with Gasteiger partial charge in [0.05, 0.1) is 35.5 Å². The molecule has 0 fully saturated rings. The highest BCUT2D eigenvalue weighted by molar-refractivity contribution is 7.91. The number of hydrogen-bond donors (Lipinski definition) is 2. The predicted octanol–water partition coefficient (Wildman–Crippen LogP) is 2.06. The molecule has 2 aromatic carbocycles. The second-order valence-corrected chi connectivity index (χ2v) is 11.6.